The molecule has 24 heavy (non-hydrogen) atoms. The van der Waals surface area contributed by atoms with Crippen molar-refractivity contribution in [2.24, 2.45) is 0 Å². The fourth-order valence-corrected chi connectivity index (χ4v) is 3.40. The summed E-state index contributed by atoms with van der Waals surface area (Å²) in [5.41, 5.74) is 1.63. The highest BCUT2D eigenvalue weighted by atomic mass is 32.2. The number of sulfonamides is 1. The highest BCUT2D eigenvalue weighted by Gasteiger charge is 2.18. The van der Waals surface area contributed by atoms with Gasteiger partial charge in [-0.25, -0.2) is 17.9 Å². The van der Waals surface area contributed by atoms with Gasteiger partial charge in [-0.05, 0) is 56.7 Å². The summed E-state index contributed by atoms with van der Waals surface area (Å²) >= 11 is 0. The lowest BCUT2D eigenvalue weighted by molar-refractivity contribution is 0.242. The van der Waals surface area contributed by atoms with Crippen molar-refractivity contribution >= 4 is 21.4 Å². The highest BCUT2D eigenvalue weighted by Crippen LogP contribution is 2.24. The molecule has 3 aromatic rings. The number of pyridine rings is 1. The summed E-state index contributed by atoms with van der Waals surface area (Å²) < 4.78 is 34.9. The molecular weight excluding hydrogens is 328 g/mol. The van der Waals surface area contributed by atoms with E-state index in [0.717, 1.165) is 5.56 Å². The average Bonchev–Trinajstić information content (AvgIpc) is 2.99. The minimum atomic E-state index is -3.74. The van der Waals surface area contributed by atoms with Gasteiger partial charge in [-0.2, -0.15) is 5.10 Å². The van der Waals surface area contributed by atoms with Crippen LogP contribution in [0.5, 0.6) is 5.75 Å². The van der Waals surface area contributed by atoms with E-state index in [9.17, 15) is 8.42 Å². The van der Waals surface area contributed by atoms with Gasteiger partial charge in [0.2, 0.25) is 0 Å². The fraction of sp³-hybridized carbons (Fsp3) is 0.250. The lowest BCUT2D eigenvalue weighted by Crippen LogP contribution is -2.15. The molecule has 0 fully saturated rings. The molecule has 0 atom stereocenters. The quantitative estimate of drug-likeness (QED) is 0.767. The number of aryl methyl sites for hydroxylation is 1. The highest BCUT2D eigenvalue weighted by molar-refractivity contribution is 7.92. The van der Waals surface area contributed by atoms with Gasteiger partial charge in [-0.1, -0.05) is 0 Å². The molecule has 0 saturated carbocycles. The monoisotopic (exact) mass is 346 g/mol. The maximum atomic E-state index is 12.6. The summed E-state index contributed by atoms with van der Waals surface area (Å²) in [6.07, 6.45) is 3.14. The van der Waals surface area contributed by atoms with Crippen molar-refractivity contribution in [1.29, 1.82) is 0 Å². The number of anilines is 1. The van der Waals surface area contributed by atoms with Crippen LogP contribution >= 0.6 is 0 Å². The molecule has 0 aliphatic rings. The Balaban J connectivity index is 1.93. The third-order valence-electron chi connectivity index (χ3n) is 3.40. The molecule has 3 rings (SSSR count). The van der Waals surface area contributed by atoms with Crippen LogP contribution in [0.4, 0.5) is 5.69 Å². The molecule has 8 heteroatoms. The van der Waals surface area contributed by atoms with E-state index >= 15 is 0 Å². The smallest absolute Gasteiger partial charge is 0.262 e. The van der Waals surface area contributed by atoms with Crippen molar-refractivity contribution in [2.75, 3.05) is 4.72 Å². The molecule has 0 unspecified atom stereocenters. The molecular formula is C16H18N4O3S. The van der Waals surface area contributed by atoms with Gasteiger partial charge in [0.1, 0.15) is 12.1 Å². The Morgan fingerprint density at radius 1 is 1.17 bits per heavy atom. The predicted molar refractivity (Wildman–Crippen MR) is 90.7 cm³/mol. The lowest BCUT2D eigenvalue weighted by atomic mass is 10.2. The molecule has 0 spiro atoms. The first kappa shape index (κ1) is 16.3. The van der Waals surface area contributed by atoms with E-state index in [0.29, 0.717) is 17.1 Å². The Morgan fingerprint density at radius 2 is 1.88 bits per heavy atom. The first-order valence-electron chi connectivity index (χ1n) is 7.45. The lowest BCUT2D eigenvalue weighted by Gasteiger charge is -2.13. The maximum absolute atomic E-state index is 12.6. The molecule has 0 radical (unpaired) electrons. The second-order valence-electron chi connectivity index (χ2n) is 5.65. The van der Waals surface area contributed by atoms with E-state index < -0.39 is 10.0 Å². The number of nitrogens with zero attached hydrogens (tertiary/aromatic N) is 3. The minimum Gasteiger partial charge on any atom is -0.491 e. The first-order chi connectivity index (χ1) is 11.4. The molecule has 7 nitrogen and oxygen atoms in total. The fourth-order valence-electron chi connectivity index (χ4n) is 2.27. The first-order valence-corrected chi connectivity index (χ1v) is 8.93. The zero-order valence-electron chi connectivity index (χ0n) is 13.6. The van der Waals surface area contributed by atoms with E-state index in [-0.39, 0.29) is 11.0 Å². The van der Waals surface area contributed by atoms with Crippen molar-refractivity contribution in [2.45, 2.75) is 31.8 Å². The number of hydrogen-bond acceptors (Lipinski definition) is 5. The second kappa shape index (κ2) is 6.12. The van der Waals surface area contributed by atoms with Gasteiger partial charge in [0.15, 0.2) is 5.65 Å². The van der Waals surface area contributed by atoms with Gasteiger partial charge >= 0.3 is 0 Å². The Morgan fingerprint density at radius 3 is 2.54 bits per heavy atom. The SMILES string of the molecule is Cc1ccn2ncnc2c1NS(=O)(=O)c1ccc(OC(C)C)cc1. The van der Waals surface area contributed by atoms with E-state index in [4.69, 9.17) is 4.74 Å². The van der Waals surface area contributed by atoms with Gasteiger partial charge < -0.3 is 4.74 Å². The molecule has 2 heterocycles. The molecule has 1 aromatic carbocycles. The van der Waals surface area contributed by atoms with Crippen molar-refractivity contribution in [3.05, 3.63) is 48.4 Å². The summed E-state index contributed by atoms with van der Waals surface area (Å²) in [5, 5.41) is 4.02. The number of rotatable bonds is 5. The van der Waals surface area contributed by atoms with Gasteiger partial charge in [0, 0.05) is 6.20 Å². The van der Waals surface area contributed by atoms with Crippen LogP contribution in [0.3, 0.4) is 0 Å². The average molecular weight is 346 g/mol. The largest absolute Gasteiger partial charge is 0.491 e. The van der Waals surface area contributed by atoms with Crippen LogP contribution < -0.4 is 9.46 Å². The van der Waals surface area contributed by atoms with E-state index in [2.05, 4.69) is 14.8 Å². The van der Waals surface area contributed by atoms with Crippen LogP contribution in [0.25, 0.3) is 5.65 Å². The van der Waals surface area contributed by atoms with Crippen molar-refractivity contribution < 1.29 is 13.2 Å². The predicted octanol–water partition coefficient (Wildman–Crippen LogP) is 2.63. The van der Waals surface area contributed by atoms with Crippen molar-refractivity contribution in [3.63, 3.8) is 0 Å². The summed E-state index contributed by atoms with van der Waals surface area (Å²) in [6, 6.07) is 8.08. The number of hydrogen-bond donors (Lipinski definition) is 1. The molecule has 126 valence electrons. The van der Waals surface area contributed by atoms with Gasteiger partial charge in [-0.15, -0.1) is 0 Å². The molecule has 0 saturated heterocycles. The van der Waals surface area contributed by atoms with Crippen molar-refractivity contribution in [3.8, 4) is 5.75 Å². The third kappa shape index (κ3) is 3.18. The maximum Gasteiger partial charge on any atom is 0.262 e. The third-order valence-corrected chi connectivity index (χ3v) is 4.76. The van der Waals surface area contributed by atoms with Crippen LogP contribution in [0.15, 0.2) is 47.8 Å². The summed E-state index contributed by atoms with van der Waals surface area (Å²) in [6.45, 7) is 5.63. The number of fused-ring (bicyclic) bond motifs is 1. The topological polar surface area (TPSA) is 85.6 Å². The van der Waals surface area contributed by atoms with Crippen LogP contribution in [-0.4, -0.2) is 29.1 Å². The molecule has 0 amide bonds. The number of aromatic nitrogens is 3. The van der Waals surface area contributed by atoms with E-state index in [1.165, 1.54) is 23.0 Å². The molecule has 1 N–H and O–H groups in total. The summed E-state index contributed by atoms with van der Waals surface area (Å²) in [4.78, 5) is 4.26. The molecule has 2 aromatic heterocycles. The Kier molecular flexibility index (Phi) is 4.15. The van der Waals surface area contributed by atoms with Crippen LogP contribution in [0.1, 0.15) is 19.4 Å². The second-order valence-corrected chi connectivity index (χ2v) is 7.33. The van der Waals surface area contributed by atoms with Gasteiger partial charge in [0.25, 0.3) is 10.0 Å². The molecule has 0 aliphatic heterocycles. The van der Waals surface area contributed by atoms with Crippen LogP contribution in [-0.2, 0) is 10.0 Å². The standard InChI is InChI=1S/C16H18N4O3S/c1-11(2)23-13-4-6-14(7-5-13)24(21,22)19-15-12(3)8-9-20-16(15)17-10-18-20/h4-11,19H,1-3H3. The van der Waals surface area contributed by atoms with Crippen LogP contribution in [0.2, 0.25) is 0 Å². The van der Waals surface area contributed by atoms with E-state index in [1.807, 2.05) is 20.8 Å². The summed E-state index contributed by atoms with van der Waals surface area (Å²) in [7, 11) is -3.74. The normalized spacial score (nSPS) is 11.8. The number of nitrogens with one attached hydrogen (secondary N) is 1. The Hall–Kier alpha value is -2.61. The minimum absolute atomic E-state index is 0.0266. The Labute approximate surface area is 140 Å². The Bertz CT molecular complexity index is 963. The molecule has 0 bridgehead atoms. The van der Waals surface area contributed by atoms with Crippen LogP contribution in [0, 0.1) is 6.92 Å². The zero-order chi connectivity index (χ0) is 17.3. The van der Waals surface area contributed by atoms with E-state index in [1.54, 1.807) is 24.4 Å². The summed E-state index contributed by atoms with van der Waals surface area (Å²) in [5.74, 6) is 0.625. The zero-order valence-corrected chi connectivity index (χ0v) is 14.4. The number of benzene rings is 1. The van der Waals surface area contributed by atoms with Gasteiger partial charge in [0.05, 0.1) is 16.7 Å². The van der Waals surface area contributed by atoms with Gasteiger partial charge in [-0.3, -0.25) is 4.72 Å². The van der Waals surface area contributed by atoms with Crippen molar-refractivity contribution in [1.82, 2.24) is 14.6 Å². The molecule has 0 aliphatic carbocycles. The number of ether oxygens (including phenoxy) is 1.